The monoisotopic (exact) mass is 314 g/mol. The summed E-state index contributed by atoms with van der Waals surface area (Å²) in [5, 5.41) is 6.74. The van der Waals surface area contributed by atoms with Crippen LogP contribution in [0.15, 0.2) is 64.2 Å². The largest absolute Gasteiger partial charge is 0.292 e. The minimum atomic E-state index is 0.347. The van der Waals surface area contributed by atoms with Crippen LogP contribution in [0, 0.1) is 0 Å². The fourth-order valence-electron chi connectivity index (χ4n) is 2.44. The average molecular weight is 315 g/mol. The molecule has 0 N–H and O–H groups in total. The summed E-state index contributed by atoms with van der Waals surface area (Å²) in [6, 6.07) is 19.3. The van der Waals surface area contributed by atoms with Crippen molar-refractivity contribution < 1.29 is 0 Å². The molecule has 3 heteroatoms. The third-order valence-corrected chi connectivity index (χ3v) is 4.01. The lowest BCUT2D eigenvalue weighted by atomic mass is 9.99. The second kappa shape index (κ2) is 5.17. The molecule has 2 nitrogen and oxygen atoms in total. The van der Waals surface area contributed by atoms with Gasteiger partial charge < -0.3 is 0 Å². The van der Waals surface area contributed by atoms with E-state index >= 15 is 0 Å². The molecule has 2 aromatic rings. The highest BCUT2D eigenvalue weighted by Gasteiger charge is 2.25. The highest BCUT2D eigenvalue weighted by atomic mass is 79.9. The molecule has 0 fully saturated rings. The van der Waals surface area contributed by atoms with Crippen LogP contribution in [0.4, 0.5) is 0 Å². The number of halogens is 1. The van der Waals surface area contributed by atoms with E-state index in [2.05, 4.69) is 80.6 Å². The molecular weight excluding hydrogens is 300 g/mol. The second-order valence-electron chi connectivity index (χ2n) is 4.76. The van der Waals surface area contributed by atoms with Crippen molar-refractivity contribution in [3.63, 3.8) is 0 Å². The zero-order chi connectivity index (χ0) is 13.2. The first-order chi connectivity index (χ1) is 9.24. The molecule has 0 aliphatic carbocycles. The van der Waals surface area contributed by atoms with Crippen LogP contribution < -0.4 is 0 Å². The molecule has 0 amide bonds. The molecule has 2 aromatic carbocycles. The first-order valence-corrected chi connectivity index (χ1v) is 7.14. The van der Waals surface area contributed by atoms with E-state index in [1.165, 1.54) is 11.1 Å². The predicted molar refractivity (Wildman–Crippen MR) is 82.2 cm³/mol. The SMILES string of the molecule is CN1N=C(c2ccc(Br)cc2)CC1c1ccccc1. The maximum Gasteiger partial charge on any atom is 0.0773 e. The third-order valence-electron chi connectivity index (χ3n) is 3.48. The summed E-state index contributed by atoms with van der Waals surface area (Å²) in [5.41, 5.74) is 3.68. The van der Waals surface area contributed by atoms with Gasteiger partial charge in [-0.1, -0.05) is 58.4 Å². The number of rotatable bonds is 2. The smallest absolute Gasteiger partial charge is 0.0773 e. The van der Waals surface area contributed by atoms with E-state index in [-0.39, 0.29) is 0 Å². The molecule has 1 aliphatic heterocycles. The fraction of sp³-hybridized carbons (Fsp3) is 0.188. The lowest BCUT2D eigenvalue weighted by molar-refractivity contribution is 0.290. The Bertz CT molecular complexity index is 590. The molecular formula is C16H15BrN2. The Balaban J connectivity index is 1.84. The van der Waals surface area contributed by atoms with Gasteiger partial charge in [0.1, 0.15) is 0 Å². The molecule has 0 saturated heterocycles. The van der Waals surface area contributed by atoms with Gasteiger partial charge in [0.15, 0.2) is 0 Å². The predicted octanol–water partition coefficient (Wildman–Crippen LogP) is 4.23. The molecule has 0 spiro atoms. The Labute approximate surface area is 121 Å². The van der Waals surface area contributed by atoms with Crippen LogP contribution in [0.3, 0.4) is 0 Å². The summed E-state index contributed by atoms with van der Waals surface area (Å²) < 4.78 is 1.10. The summed E-state index contributed by atoms with van der Waals surface area (Å²) in [4.78, 5) is 0. The van der Waals surface area contributed by atoms with Crippen molar-refractivity contribution >= 4 is 21.6 Å². The average Bonchev–Trinajstić information content (AvgIpc) is 2.83. The van der Waals surface area contributed by atoms with E-state index in [1.54, 1.807) is 0 Å². The van der Waals surface area contributed by atoms with Gasteiger partial charge in [0.2, 0.25) is 0 Å². The van der Waals surface area contributed by atoms with E-state index < -0.39 is 0 Å². The van der Waals surface area contributed by atoms with Gasteiger partial charge in [0.05, 0.1) is 11.8 Å². The second-order valence-corrected chi connectivity index (χ2v) is 5.67. The van der Waals surface area contributed by atoms with E-state index in [1.807, 2.05) is 7.05 Å². The van der Waals surface area contributed by atoms with Crippen molar-refractivity contribution in [2.24, 2.45) is 5.10 Å². The normalized spacial score (nSPS) is 18.5. The number of hydrogen-bond donors (Lipinski definition) is 0. The van der Waals surface area contributed by atoms with Crippen LogP contribution in [0.2, 0.25) is 0 Å². The number of nitrogens with zero attached hydrogens (tertiary/aromatic N) is 2. The van der Waals surface area contributed by atoms with Crippen LogP contribution in [-0.4, -0.2) is 17.8 Å². The Morgan fingerprint density at radius 3 is 2.42 bits per heavy atom. The number of hydrazone groups is 1. The van der Waals surface area contributed by atoms with Gasteiger partial charge in [-0.25, -0.2) is 0 Å². The first kappa shape index (κ1) is 12.4. The first-order valence-electron chi connectivity index (χ1n) is 6.35. The summed E-state index contributed by atoms with van der Waals surface area (Å²) in [7, 11) is 2.05. The molecule has 0 saturated carbocycles. The molecule has 1 heterocycles. The third kappa shape index (κ3) is 2.56. The van der Waals surface area contributed by atoms with E-state index in [4.69, 9.17) is 0 Å². The minimum Gasteiger partial charge on any atom is -0.292 e. The maximum absolute atomic E-state index is 4.68. The van der Waals surface area contributed by atoms with Crippen molar-refractivity contribution in [1.29, 1.82) is 0 Å². The van der Waals surface area contributed by atoms with E-state index in [9.17, 15) is 0 Å². The van der Waals surface area contributed by atoms with Gasteiger partial charge in [-0.05, 0) is 23.3 Å². The van der Waals surface area contributed by atoms with Crippen molar-refractivity contribution in [3.05, 3.63) is 70.2 Å². The fourth-order valence-corrected chi connectivity index (χ4v) is 2.71. The lowest BCUT2D eigenvalue weighted by Crippen LogP contribution is -2.13. The van der Waals surface area contributed by atoms with Crippen LogP contribution >= 0.6 is 15.9 Å². The Morgan fingerprint density at radius 2 is 1.74 bits per heavy atom. The molecule has 3 rings (SSSR count). The van der Waals surface area contributed by atoms with Gasteiger partial charge in [-0.3, -0.25) is 5.01 Å². The van der Waals surface area contributed by atoms with Gasteiger partial charge in [0.25, 0.3) is 0 Å². The Morgan fingerprint density at radius 1 is 1.05 bits per heavy atom. The Hall–Kier alpha value is -1.61. The van der Waals surface area contributed by atoms with Crippen molar-refractivity contribution in [1.82, 2.24) is 5.01 Å². The molecule has 0 aromatic heterocycles. The summed E-state index contributed by atoms with van der Waals surface area (Å²) >= 11 is 3.46. The van der Waals surface area contributed by atoms with Gasteiger partial charge in [-0.15, -0.1) is 0 Å². The molecule has 96 valence electrons. The number of benzene rings is 2. The molecule has 0 bridgehead atoms. The van der Waals surface area contributed by atoms with Crippen LogP contribution in [0.5, 0.6) is 0 Å². The van der Waals surface area contributed by atoms with Gasteiger partial charge >= 0.3 is 0 Å². The van der Waals surface area contributed by atoms with Crippen LogP contribution in [0.1, 0.15) is 23.6 Å². The standard InChI is InChI=1S/C16H15BrN2/c1-19-16(13-5-3-2-4-6-13)11-15(18-19)12-7-9-14(17)10-8-12/h2-10,16H,11H2,1H3. The van der Waals surface area contributed by atoms with E-state index in [0.29, 0.717) is 6.04 Å². The van der Waals surface area contributed by atoms with Crippen LogP contribution in [0.25, 0.3) is 0 Å². The molecule has 0 radical (unpaired) electrons. The minimum absolute atomic E-state index is 0.347. The highest BCUT2D eigenvalue weighted by molar-refractivity contribution is 9.10. The molecule has 19 heavy (non-hydrogen) atoms. The summed E-state index contributed by atoms with van der Waals surface area (Å²) in [6.07, 6.45) is 0.960. The van der Waals surface area contributed by atoms with Crippen LogP contribution in [-0.2, 0) is 0 Å². The van der Waals surface area contributed by atoms with Gasteiger partial charge in [0, 0.05) is 17.9 Å². The summed E-state index contributed by atoms with van der Waals surface area (Å²) in [5.74, 6) is 0. The molecule has 1 atom stereocenters. The maximum atomic E-state index is 4.68. The van der Waals surface area contributed by atoms with Gasteiger partial charge in [-0.2, -0.15) is 5.10 Å². The molecule has 1 unspecified atom stereocenters. The van der Waals surface area contributed by atoms with Crippen molar-refractivity contribution in [2.45, 2.75) is 12.5 Å². The zero-order valence-corrected chi connectivity index (χ0v) is 12.3. The highest BCUT2D eigenvalue weighted by Crippen LogP contribution is 2.31. The van der Waals surface area contributed by atoms with Crippen molar-refractivity contribution in [2.75, 3.05) is 7.05 Å². The lowest BCUT2D eigenvalue weighted by Gasteiger charge is -2.18. The van der Waals surface area contributed by atoms with E-state index in [0.717, 1.165) is 16.6 Å². The Kier molecular flexibility index (Phi) is 3.38. The number of hydrogen-bond acceptors (Lipinski definition) is 2. The molecule has 1 aliphatic rings. The topological polar surface area (TPSA) is 15.6 Å². The zero-order valence-electron chi connectivity index (χ0n) is 10.8. The summed E-state index contributed by atoms with van der Waals surface area (Å²) in [6.45, 7) is 0. The van der Waals surface area contributed by atoms with Crippen molar-refractivity contribution in [3.8, 4) is 0 Å². The quantitative estimate of drug-likeness (QED) is 0.810.